The second kappa shape index (κ2) is 5.96. The van der Waals surface area contributed by atoms with Crippen LogP contribution in [0.5, 0.6) is 5.75 Å². The van der Waals surface area contributed by atoms with Gasteiger partial charge in [0.05, 0.1) is 7.11 Å². The number of fused-ring (bicyclic) bond motifs is 2. The summed E-state index contributed by atoms with van der Waals surface area (Å²) in [6.07, 6.45) is 6.39. The van der Waals surface area contributed by atoms with E-state index in [0.717, 1.165) is 24.2 Å². The first-order valence-corrected chi connectivity index (χ1v) is 7.66. The minimum absolute atomic E-state index is 0.248. The second-order valence-corrected chi connectivity index (χ2v) is 6.15. The number of Topliss-reactive ketones (excluding diaryl/α,β-unsaturated/α-hetero) is 1. The minimum atomic E-state index is 0.248. The van der Waals surface area contributed by atoms with Gasteiger partial charge in [0.15, 0.2) is 0 Å². The molecule has 0 saturated carbocycles. The van der Waals surface area contributed by atoms with E-state index in [0.29, 0.717) is 24.3 Å². The quantitative estimate of drug-likeness (QED) is 0.916. The Morgan fingerprint density at radius 1 is 1.30 bits per heavy atom. The fourth-order valence-electron chi connectivity index (χ4n) is 3.66. The van der Waals surface area contributed by atoms with Crippen molar-refractivity contribution in [1.29, 1.82) is 0 Å². The third-order valence-electron chi connectivity index (χ3n) is 4.68. The first-order valence-electron chi connectivity index (χ1n) is 7.66. The van der Waals surface area contributed by atoms with E-state index in [1.807, 2.05) is 24.3 Å². The summed E-state index contributed by atoms with van der Waals surface area (Å²) in [5.41, 5.74) is 1.07. The number of rotatable bonds is 4. The summed E-state index contributed by atoms with van der Waals surface area (Å²) in [5, 5.41) is 3.65. The Bertz CT molecular complexity index is 474. The Morgan fingerprint density at radius 3 is 2.75 bits per heavy atom. The average molecular weight is 273 g/mol. The molecule has 0 spiro atoms. The van der Waals surface area contributed by atoms with Gasteiger partial charge in [-0.05, 0) is 43.4 Å². The third-order valence-corrected chi connectivity index (χ3v) is 4.68. The Balaban J connectivity index is 1.63. The van der Waals surface area contributed by atoms with Crippen LogP contribution >= 0.6 is 0 Å². The highest BCUT2D eigenvalue weighted by molar-refractivity contribution is 5.83. The molecule has 2 aliphatic heterocycles. The van der Waals surface area contributed by atoms with Crippen molar-refractivity contribution in [1.82, 2.24) is 5.32 Å². The summed E-state index contributed by atoms with van der Waals surface area (Å²) in [6, 6.07) is 9.01. The number of carbonyl (C=O) groups is 1. The molecule has 3 heteroatoms. The highest BCUT2D eigenvalue weighted by atomic mass is 16.5. The maximum Gasteiger partial charge on any atom is 0.140 e. The molecule has 0 aliphatic carbocycles. The van der Waals surface area contributed by atoms with Crippen LogP contribution in [0.3, 0.4) is 0 Å². The Hall–Kier alpha value is -1.35. The number of ether oxygens (including phenoxy) is 1. The average Bonchev–Trinajstić information content (AvgIpc) is 2.47. The summed E-state index contributed by atoms with van der Waals surface area (Å²) in [4.78, 5) is 12.5. The normalized spacial score (nSPS) is 28.9. The number of ketones is 1. The molecule has 2 fully saturated rings. The van der Waals surface area contributed by atoms with Gasteiger partial charge in [-0.15, -0.1) is 0 Å². The number of methoxy groups -OCH3 is 1. The zero-order valence-corrected chi connectivity index (χ0v) is 12.1. The summed E-state index contributed by atoms with van der Waals surface area (Å²) >= 11 is 0. The molecule has 1 aromatic carbocycles. The van der Waals surface area contributed by atoms with Crippen LogP contribution < -0.4 is 10.1 Å². The predicted molar refractivity (Wildman–Crippen MR) is 79.0 cm³/mol. The van der Waals surface area contributed by atoms with Crippen molar-refractivity contribution in [3.8, 4) is 5.75 Å². The first-order chi connectivity index (χ1) is 9.74. The molecular weight excluding hydrogens is 250 g/mol. The lowest BCUT2D eigenvalue weighted by atomic mass is 9.77. The fraction of sp³-hybridized carbons (Fsp3) is 0.588. The molecule has 3 rings (SSSR count). The maximum absolute atomic E-state index is 12.5. The van der Waals surface area contributed by atoms with Crippen LogP contribution in [0.15, 0.2) is 24.3 Å². The lowest BCUT2D eigenvalue weighted by Gasteiger charge is -2.39. The van der Waals surface area contributed by atoms with Crippen LogP contribution in [0.25, 0.3) is 0 Å². The first kappa shape index (κ1) is 13.6. The van der Waals surface area contributed by atoms with Gasteiger partial charge in [-0.1, -0.05) is 18.6 Å². The number of nitrogens with one attached hydrogen (secondary N) is 1. The molecule has 108 valence electrons. The molecule has 2 atom stereocenters. The lowest BCUT2D eigenvalue weighted by Crippen LogP contribution is -2.50. The van der Waals surface area contributed by atoms with Crippen LogP contribution in [0.2, 0.25) is 0 Å². The Morgan fingerprint density at radius 2 is 2.05 bits per heavy atom. The molecule has 3 nitrogen and oxygen atoms in total. The van der Waals surface area contributed by atoms with Gasteiger partial charge in [0.1, 0.15) is 11.5 Å². The van der Waals surface area contributed by atoms with Gasteiger partial charge in [-0.3, -0.25) is 4.79 Å². The van der Waals surface area contributed by atoms with Crippen LogP contribution in [-0.4, -0.2) is 25.0 Å². The number of hydrogen-bond acceptors (Lipinski definition) is 3. The number of benzene rings is 1. The van der Waals surface area contributed by atoms with Crippen molar-refractivity contribution >= 4 is 5.78 Å². The molecule has 2 aliphatic rings. The van der Waals surface area contributed by atoms with Crippen molar-refractivity contribution in [2.75, 3.05) is 7.11 Å². The number of piperidine rings is 2. The van der Waals surface area contributed by atoms with Crippen LogP contribution in [0.1, 0.15) is 37.7 Å². The highest BCUT2D eigenvalue weighted by Gasteiger charge is 2.34. The molecule has 2 bridgehead atoms. The monoisotopic (exact) mass is 273 g/mol. The Labute approximate surface area is 120 Å². The molecule has 2 heterocycles. The van der Waals surface area contributed by atoms with Gasteiger partial charge in [0.25, 0.3) is 0 Å². The van der Waals surface area contributed by atoms with E-state index in [-0.39, 0.29) is 5.92 Å². The molecule has 1 aromatic rings. The van der Waals surface area contributed by atoms with Crippen molar-refractivity contribution in [2.45, 2.75) is 50.6 Å². The van der Waals surface area contributed by atoms with Crippen molar-refractivity contribution < 1.29 is 9.53 Å². The van der Waals surface area contributed by atoms with Gasteiger partial charge in [-0.25, -0.2) is 0 Å². The van der Waals surface area contributed by atoms with Crippen LogP contribution in [-0.2, 0) is 11.2 Å². The molecule has 2 unspecified atom stereocenters. The predicted octanol–water partition coefficient (Wildman–Crippen LogP) is 2.73. The van der Waals surface area contributed by atoms with E-state index in [9.17, 15) is 4.79 Å². The second-order valence-electron chi connectivity index (χ2n) is 6.15. The van der Waals surface area contributed by atoms with Crippen LogP contribution in [0.4, 0.5) is 0 Å². The molecular formula is C17H23NO2. The SMILES string of the molecule is COc1cccc(CC(=O)C2CC3CCCC(C2)N3)c1. The van der Waals surface area contributed by atoms with Gasteiger partial charge in [0, 0.05) is 24.4 Å². The van der Waals surface area contributed by atoms with E-state index in [4.69, 9.17) is 4.74 Å². The van der Waals surface area contributed by atoms with E-state index in [1.165, 1.54) is 19.3 Å². The molecule has 2 saturated heterocycles. The van der Waals surface area contributed by atoms with E-state index in [1.54, 1.807) is 7.11 Å². The number of carbonyl (C=O) groups excluding carboxylic acids is 1. The fourth-order valence-corrected chi connectivity index (χ4v) is 3.66. The number of hydrogen-bond donors (Lipinski definition) is 1. The summed E-state index contributed by atoms with van der Waals surface area (Å²) in [5.74, 6) is 1.48. The minimum Gasteiger partial charge on any atom is -0.497 e. The zero-order valence-electron chi connectivity index (χ0n) is 12.1. The van der Waals surface area contributed by atoms with Crippen molar-refractivity contribution in [3.63, 3.8) is 0 Å². The largest absolute Gasteiger partial charge is 0.497 e. The van der Waals surface area contributed by atoms with Gasteiger partial charge in [0.2, 0.25) is 0 Å². The van der Waals surface area contributed by atoms with Gasteiger partial charge < -0.3 is 10.1 Å². The van der Waals surface area contributed by atoms with E-state index < -0.39 is 0 Å². The lowest BCUT2D eigenvalue weighted by molar-refractivity contribution is -0.124. The third kappa shape index (κ3) is 3.04. The van der Waals surface area contributed by atoms with E-state index in [2.05, 4.69) is 5.32 Å². The molecule has 0 radical (unpaired) electrons. The molecule has 0 amide bonds. The smallest absolute Gasteiger partial charge is 0.140 e. The molecule has 1 N–H and O–H groups in total. The van der Waals surface area contributed by atoms with E-state index >= 15 is 0 Å². The summed E-state index contributed by atoms with van der Waals surface area (Å²) in [7, 11) is 1.66. The summed E-state index contributed by atoms with van der Waals surface area (Å²) in [6.45, 7) is 0. The van der Waals surface area contributed by atoms with Gasteiger partial charge >= 0.3 is 0 Å². The standard InChI is InChI=1S/C17H23NO2/c1-20-16-7-2-4-12(8-16)9-17(19)13-10-14-5-3-6-15(11-13)18-14/h2,4,7-8,13-15,18H,3,5-6,9-11H2,1H3. The zero-order chi connectivity index (χ0) is 13.9. The van der Waals surface area contributed by atoms with Crippen molar-refractivity contribution in [2.24, 2.45) is 5.92 Å². The van der Waals surface area contributed by atoms with Crippen molar-refractivity contribution in [3.05, 3.63) is 29.8 Å². The summed E-state index contributed by atoms with van der Waals surface area (Å²) < 4.78 is 5.22. The molecule has 20 heavy (non-hydrogen) atoms. The Kier molecular flexibility index (Phi) is 4.06. The molecule has 0 aromatic heterocycles. The topological polar surface area (TPSA) is 38.3 Å². The maximum atomic E-state index is 12.5. The highest BCUT2D eigenvalue weighted by Crippen LogP contribution is 2.31. The van der Waals surface area contributed by atoms with Gasteiger partial charge in [-0.2, -0.15) is 0 Å². The van der Waals surface area contributed by atoms with Crippen LogP contribution in [0, 0.1) is 5.92 Å².